The maximum atomic E-state index is 11.5. The van der Waals surface area contributed by atoms with Crippen molar-refractivity contribution in [2.75, 3.05) is 25.7 Å². The van der Waals surface area contributed by atoms with Gasteiger partial charge in [0, 0.05) is 28.3 Å². The Morgan fingerprint density at radius 1 is 1.10 bits per heavy atom. The lowest BCUT2D eigenvalue weighted by atomic mass is 9.97. The van der Waals surface area contributed by atoms with Crippen LogP contribution in [0.2, 0.25) is 0 Å². The molecule has 8 heteroatoms. The number of benzene rings is 2. The molecular weight excluding hydrogens is 400 g/mol. The molecule has 2 aromatic rings. The van der Waals surface area contributed by atoms with Gasteiger partial charge in [-0.15, -0.1) is 0 Å². The number of carbonyl (C=O) groups excluding carboxylic acids is 1. The molecule has 0 spiro atoms. The third kappa shape index (κ3) is 3.70. The molecule has 0 saturated heterocycles. The predicted molar refractivity (Wildman–Crippen MR) is 120 cm³/mol. The van der Waals surface area contributed by atoms with Gasteiger partial charge in [0.15, 0.2) is 11.5 Å². The average molecular weight is 425 g/mol. The summed E-state index contributed by atoms with van der Waals surface area (Å²) in [4.78, 5) is 14.5. The number of hydrazine groups is 1. The highest BCUT2D eigenvalue weighted by Gasteiger charge is 2.24. The lowest BCUT2D eigenvalue weighted by molar-refractivity contribution is 0.259. The van der Waals surface area contributed by atoms with E-state index < -0.39 is 0 Å². The van der Waals surface area contributed by atoms with Crippen LogP contribution >= 0.6 is 11.8 Å². The fourth-order valence-electron chi connectivity index (χ4n) is 3.82. The molecule has 30 heavy (non-hydrogen) atoms. The summed E-state index contributed by atoms with van der Waals surface area (Å²) in [7, 11) is 3.20. The van der Waals surface area contributed by atoms with Crippen LogP contribution in [0.5, 0.6) is 11.5 Å². The van der Waals surface area contributed by atoms with Crippen molar-refractivity contribution in [3.63, 3.8) is 0 Å². The summed E-state index contributed by atoms with van der Waals surface area (Å²) in [5.41, 5.74) is 10.6. The lowest BCUT2D eigenvalue weighted by Crippen LogP contribution is -2.37. The zero-order valence-electron chi connectivity index (χ0n) is 17.2. The van der Waals surface area contributed by atoms with E-state index in [0.29, 0.717) is 17.3 Å². The van der Waals surface area contributed by atoms with Gasteiger partial charge in [0.2, 0.25) is 0 Å². The summed E-state index contributed by atoms with van der Waals surface area (Å²) in [6.07, 6.45) is 1.91. The highest BCUT2D eigenvalue weighted by Crippen LogP contribution is 2.35. The number of amides is 1. The number of thioether (sulfide) groups is 1. The molecule has 2 aromatic carbocycles. The zero-order chi connectivity index (χ0) is 21.3. The second-order valence-electron chi connectivity index (χ2n) is 7.09. The molecule has 3 N–H and O–H groups in total. The van der Waals surface area contributed by atoms with Gasteiger partial charge in [-0.3, -0.25) is 21.1 Å². The van der Waals surface area contributed by atoms with Gasteiger partial charge >= 0.3 is 5.24 Å². The molecule has 0 atom stereocenters. The van der Waals surface area contributed by atoms with Crippen LogP contribution < -0.4 is 25.2 Å². The van der Waals surface area contributed by atoms with Crippen molar-refractivity contribution in [3.8, 4) is 11.5 Å². The van der Waals surface area contributed by atoms with E-state index in [1.165, 1.54) is 17.3 Å². The minimum Gasteiger partial charge on any atom is -0.493 e. The highest BCUT2D eigenvalue weighted by atomic mass is 32.2. The molecule has 4 rings (SSSR count). The van der Waals surface area contributed by atoms with E-state index in [1.54, 1.807) is 14.2 Å². The van der Waals surface area contributed by atoms with Crippen molar-refractivity contribution in [2.24, 2.45) is 0 Å². The quantitative estimate of drug-likeness (QED) is 0.505. The zero-order valence-corrected chi connectivity index (χ0v) is 18.0. The number of carbonyl (C=O) groups is 1. The van der Waals surface area contributed by atoms with Gasteiger partial charge in [0.05, 0.1) is 19.9 Å². The molecule has 0 aliphatic carbocycles. The minimum absolute atomic E-state index is 0.108. The number of aryl methyl sites for hydroxylation is 1. The van der Waals surface area contributed by atoms with Crippen LogP contribution in [0.4, 0.5) is 10.5 Å². The Hall–Kier alpha value is -3.13. The van der Waals surface area contributed by atoms with Crippen LogP contribution in [-0.2, 0) is 6.42 Å². The Morgan fingerprint density at radius 2 is 1.90 bits per heavy atom. The number of amidine groups is 1. The normalized spacial score (nSPS) is 15.8. The van der Waals surface area contributed by atoms with Gasteiger partial charge in [-0.2, -0.15) is 0 Å². The fraction of sp³-hybridized carbons (Fsp3) is 0.273. The van der Waals surface area contributed by atoms with Gasteiger partial charge in [-0.1, -0.05) is 6.07 Å². The SMILES string of the molecule is COc1ccc(C(=N)N2CCCc3cc(C4=C(C)SC(=O)NN4)ccc32)cc1OC. The van der Waals surface area contributed by atoms with Gasteiger partial charge in [-0.05, 0) is 67.4 Å². The lowest BCUT2D eigenvalue weighted by Gasteiger charge is -2.32. The number of nitrogens with zero attached hydrogens (tertiary/aromatic N) is 1. The average Bonchev–Trinajstić information content (AvgIpc) is 2.77. The monoisotopic (exact) mass is 424 g/mol. The first-order chi connectivity index (χ1) is 14.5. The second-order valence-corrected chi connectivity index (χ2v) is 8.28. The van der Waals surface area contributed by atoms with Crippen LogP contribution in [0.25, 0.3) is 5.70 Å². The molecule has 0 aromatic heterocycles. The Labute approximate surface area is 179 Å². The molecule has 2 aliphatic heterocycles. The van der Waals surface area contributed by atoms with Crippen LogP contribution in [-0.4, -0.2) is 31.8 Å². The number of methoxy groups -OCH3 is 2. The van der Waals surface area contributed by atoms with E-state index in [1.807, 2.05) is 36.1 Å². The standard InChI is InChI=1S/C22H24N4O3S/c1-13-20(24-25-22(27)30-13)15-6-8-17-14(11-15)5-4-10-26(17)21(23)16-7-9-18(28-2)19(12-16)29-3/h6-9,11-12,23-24H,4-5,10H2,1-3H3,(H,25,27). The second kappa shape index (κ2) is 8.31. The number of hydrogen-bond donors (Lipinski definition) is 3. The number of ether oxygens (including phenoxy) is 2. The van der Waals surface area contributed by atoms with Crippen molar-refractivity contribution < 1.29 is 14.3 Å². The van der Waals surface area contributed by atoms with Gasteiger partial charge in [-0.25, -0.2) is 0 Å². The number of rotatable bonds is 4. The van der Waals surface area contributed by atoms with Crippen molar-refractivity contribution in [2.45, 2.75) is 19.8 Å². The third-order valence-corrected chi connectivity index (χ3v) is 6.10. The first-order valence-electron chi connectivity index (χ1n) is 9.68. The van der Waals surface area contributed by atoms with Crippen LogP contribution in [0, 0.1) is 5.41 Å². The first kappa shape index (κ1) is 20.2. The Kier molecular flexibility index (Phi) is 5.59. The molecule has 1 amide bonds. The maximum Gasteiger partial charge on any atom is 0.301 e. The molecular formula is C22H24N4O3S. The molecule has 0 fully saturated rings. The summed E-state index contributed by atoms with van der Waals surface area (Å²) in [6, 6.07) is 11.8. The molecule has 156 valence electrons. The van der Waals surface area contributed by atoms with Crippen molar-refractivity contribution in [1.29, 1.82) is 5.41 Å². The van der Waals surface area contributed by atoms with Gasteiger partial charge in [0.1, 0.15) is 5.84 Å². The minimum atomic E-state index is -0.108. The smallest absolute Gasteiger partial charge is 0.301 e. The highest BCUT2D eigenvalue weighted by molar-refractivity contribution is 8.17. The fourth-order valence-corrected chi connectivity index (χ4v) is 4.47. The van der Waals surface area contributed by atoms with E-state index in [2.05, 4.69) is 23.0 Å². The van der Waals surface area contributed by atoms with Crippen molar-refractivity contribution in [1.82, 2.24) is 10.9 Å². The first-order valence-corrected chi connectivity index (χ1v) is 10.5. The summed E-state index contributed by atoms with van der Waals surface area (Å²) in [6.45, 7) is 2.72. The predicted octanol–water partition coefficient (Wildman–Crippen LogP) is 4.13. The Balaban J connectivity index is 1.65. The number of fused-ring (bicyclic) bond motifs is 1. The summed E-state index contributed by atoms with van der Waals surface area (Å²) < 4.78 is 10.7. The van der Waals surface area contributed by atoms with E-state index in [-0.39, 0.29) is 5.24 Å². The van der Waals surface area contributed by atoms with E-state index >= 15 is 0 Å². The Morgan fingerprint density at radius 3 is 2.63 bits per heavy atom. The molecule has 0 unspecified atom stereocenters. The topological polar surface area (TPSA) is 86.7 Å². The number of allylic oxidation sites excluding steroid dienone is 1. The third-order valence-electron chi connectivity index (χ3n) is 5.30. The van der Waals surface area contributed by atoms with Crippen LogP contribution in [0.3, 0.4) is 0 Å². The maximum absolute atomic E-state index is 11.5. The Bertz CT molecular complexity index is 1050. The summed E-state index contributed by atoms with van der Waals surface area (Å²) in [5, 5.41) is 8.71. The van der Waals surface area contributed by atoms with E-state index in [4.69, 9.17) is 14.9 Å². The number of hydrogen-bond acceptors (Lipinski definition) is 6. The molecule has 0 radical (unpaired) electrons. The number of anilines is 1. The van der Waals surface area contributed by atoms with Crippen molar-refractivity contribution >= 4 is 34.2 Å². The van der Waals surface area contributed by atoms with Crippen molar-refractivity contribution in [3.05, 3.63) is 58.0 Å². The molecule has 2 aliphatic rings. The van der Waals surface area contributed by atoms with Crippen LogP contribution in [0.1, 0.15) is 30.0 Å². The van der Waals surface area contributed by atoms with E-state index in [9.17, 15) is 4.79 Å². The summed E-state index contributed by atoms with van der Waals surface area (Å²) >= 11 is 1.19. The number of nitrogens with one attached hydrogen (secondary N) is 3. The van der Waals surface area contributed by atoms with Gasteiger partial charge < -0.3 is 14.4 Å². The molecule has 2 heterocycles. The molecule has 7 nitrogen and oxygen atoms in total. The van der Waals surface area contributed by atoms with E-state index in [0.717, 1.165) is 46.8 Å². The van der Waals surface area contributed by atoms with Crippen LogP contribution in [0.15, 0.2) is 41.3 Å². The molecule has 0 saturated carbocycles. The molecule has 0 bridgehead atoms. The summed E-state index contributed by atoms with van der Waals surface area (Å²) in [5.74, 6) is 1.68. The largest absolute Gasteiger partial charge is 0.493 e. The van der Waals surface area contributed by atoms with Gasteiger partial charge in [0.25, 0.3) is 0 Å².